The lowest BCUT2D eigenvalue weighted by molar-refractivity contribution is 1.18. The number of hydrogen-bond donors (Lipinski definition) is 2. The molecule has 0 amide bonds. The van der Waals surface area contributed by atoms with Crippen LogP contribution >= 0.6 is 15.9 Å². The average Bonchev–Trinajstić information content (AvgIpc) is 2.25. The zero-order valence-electron chi connectivity index (χ0n) is 8.57. The van der Waals surface area contributed by atoms with Crippen LogP contribution in [0.15, 0.2) is 35.6 Å². The Labute approximate surface area is 102 Å². The highest BCUT2D eigenvalue weighted by atomic mass is 79.9. The van der Waals surface area contributed by atoms with Crippen molar-refractivity contribution in [1.82, 2.24) is 9.97 Å². The molecule has 1 aromatic heterocycles. The summed E-state index contributed by atoms with van der Waals surface area (Å²) in [6.07, 6.45) is 1.51. The van der Waals surface area contributed by atoms with Gasteiger partial charge in [-0.05, 0) is 18.2 Å². The van der Waals surface area contributed by atoms with E-state index in [2.05, 4.69) is 37.8 Å². The lowest BCUT2D eigenvalue weighted by Crippen LogP contribution is -2.03. The molecule has 2 rings (SSSR count). The van der Waals surface area contributed by atoms with E-state index in [1.54, 1.807) is 0 Å². The van der Waals surface area contributed by atoms with Crippen LogP contribution in [0.25, 0.3) is 10.9 Å². The van der Waals surface area contributed by atoms with E-state index < -0.39 is 0 Å². The first kappa shape index (κ1) is 10.9. The maximum absolute atomic E-state index is 5.69. The first-order chi connectivity index (χ1) is 7.66. The summed E-state index contributed by atoms with van der Waals surface area (Å²) in [5.41, 5.74) is 7.22. The van der Waals surface area contributed by atoms with Crippen LogP contribution in [0, 0.1) is 0 Å². The molecule has 5 heteroatoms. The van der Waals surface area contributed by atoms with Crippen LogP contribution in [-0.2, 0) is 0 Å². The van der Waals surface area contributed by atoms with Gasteiger partial charge in [0.15, 0.2) is 0 Å². The predicted molar refractivity (Wildman–Crippen MR) is 70.5 cm³/mol. The number of rotatable bonds is 3. The van der Waals surface area contributed by atoms with Crippen LogP contribution in [0.1, 0.15) is 0 Å². The van der Waals surface area contributed by atoms with Crippen LogP contribution < -0.4 is 11.1 Å². The molecular formula is C11H11BrN4. The van der Waals surface area contributed by atoms with E-state index in [0.717, 1.165) is 21.2 Å². The molecule has 0 aliphatic rings. The van der Waals surface area contributed by atoms with Gasteiger partial charge in [-0.15, -0.1) is 0 Å². The number of anilines is 2. The fraction of sp³-hybridized carbons (Fsp3) is 0.0909. The van der Waals surface area contributed by atoms with Gasteiger partial charge in [-0.2, -0.15) is 0 Å². The smallest absolute Gasteiger partial charge is 0.137 e. The molecule has 2 aromatic rings. The highest BCUT2D eigenvalue weighted by molar-refractivity contribution is 9.11. The van der Waals surface area contributed by atoms with Crippen molar-refractivity contribution in [2.45, 2.75) is 0 Å². The molecule has 0 radical (unpaired) electrons. The Morgan fingerprint density at radius 3 is 3.00 bits per heavy atom. The molecule has 0 bridgehead atoms. The lowest BCUT2D eigenvalue weighted by Gasteiger charge is -2.07. The molecular weight excluding hydrogens is 268 g/mol. The van der Waals surface area contributed by atoms with Crippen LogP contribution in [0.5, 0.6) is 0 Å². The number of halogens is 1. The lowest BCUT2D eigenvalue weighted by atomic mass is 10.2. The number of nitrogens with two attached hydrogens (primary N) is 1. The van der Waals surface area contributed by atoms with Crippen LogP contribution in [0.2, 0.25) is 0 Å². The summed E-state index contributed by atoms with van der Waals surface area (Å²) in [5.74, 6) is 0.783. The van der Waals surface area contributed by atoms with Gasteiger partial charge >= 0.3 is 0 Å². The zero-order valence-corrected chi connectivity index (χ0v) is 10.2. The maximum atomic E-state index is 5.69. The number of nitrogens with one attached hydrogen (secondary N) is 1. The van der Waals surface area contributed by atoms with Crippen molar-refractivity contribution < 1.29 is 0 Å². The molecule has 1 aromatic carbocycles. The molecule has 0 saturated carbocycles. The molecule has 16 heavy (non-hydrogen) atoms. The monoisotopic (exact) mass is 278 g/mol. The molecule has 0 atom stereocenters. The highest BCUT2D eigenvalue weighted by Gasteiger charge is 2.03. The fourth-order valence-corrected chi connectivity index (χ4v) is 1.53. The first-order valence-electron chi connectivity index (χ1n) is 4.74. The molecule has 0 aliphatic heterocycles. The van der Waals surface area contributed by atoms with Gasteiger partial charge in [-0.3, -0.25) is 0 Å². The van der Waals surface area contributed by atoms with Crippen LogP contribution in [-0.4, -0.2) is 16.5 Å². The van der Waals surface area contributed by atoms with Gasteiger partial charge < -0.3 is 11.1 Å². The molecule has 82 valence electrons. The minimum atomic E-state index is 0.622. The Bertz CT molecular complexity index is 538. The van der Waals surface area contributed by atoms with Gasteiger partial charge in [0.25, 0.3) is 0 Å². The average molecular weight is 279 g/mol. The third kappa shape index (κ3) is 2.30. The summed E-state index contributed by atoms with van der Waals surface area (Å²) in [5, 5.41) is 4.12. The number of fused-ring (bicyclic) bond motifs is 1. The second-order valence-electron chi connectivity index (χ2n) is 3.37. The maximum Gasteiger partial charge on any atom is 0.137 e. The summed E-state index contributed by atoms with van der Waals surface area (Å²) in [7, 11) is 0. The van der Waals surface area contributed by atoms with Crippen molar-refractivity contribution in [1.29, 1.82) is 0 Å². The Morgan fingerprint density at radius 1 is 1.44 bits per heavy atom. The van der Waals surface area contributed by atoms with Crippen molar-refractivity contribution in [2.24, 2.45) is 0 Å². The first-order valence-corrected chi connectivity index (χ1v) is 5.53. The third-order valence-corrected chi connectivity index (χ3v) is 2.39. The predicted octanol–water partition coefficient (Wildman–Crippen LogP) is 2.53. The molecule has 4 nitrogen and oxygen atoms in total. The number of nitrogen functional groups attached to an aromatic ring is 1. The molecule has 0 unspecified atom stereocenters. The summed E-state index contributed by atoms with van der Waals surface area (Å²) in [6.45, 7) is 4.38. The zero-order chi connectivity index (χ0) is 11.5. The Kier molecular flexibility index (Phi) is 3.05. The highest BCUT2D eigenvalue weighted by Crippen LogP contribution is 2.21. The van der Waals surface area contributed by atoms with E-state index in [0.29, 0.717) is 12.2 Å². The Morgan fingerprint density at radius 2 is 2.25 bits per heavy atom. The van der Waals surface area contributed by atoms with Crippen molar-refractivity contribution in [3.8, 4) is 0 Å². The number of benzene rings is 1. The van der Waals surface area contributed by atoms with Gasteiger partial charge in [-0.1, -0.05) is 22.5 Å². The summed E-state index contributed by atoms with van der Waals surface area (Å²) >= 11 is 3.29. The van der Waals surface area contributed by atoms with E-state index in [9.17, 15) is 0 Å². The van der Waals surface area contributed by atoms with Gasteiger partial charge in [-0.25, -0.2) is 9.97 Å². The molecule has 0 fully saturated rings. The van der Waals surface area contributed by atoms with Crippen molar-refractivity contribution in [2.75, 3.05) is 17.6 Å². The number of nitrogens with zero attached hydrogens (tertiary/aromatic N) is 2. The van der Waals surface area contributed by atoms with Crippen molar-refractivity contribution >= 4 is 38.3 Å². The molecule has 3 N–H and O–H groups in total. The molecule has 1 heterocycles. The van der Waals surface area contributed by atoms with E-state index in [-0.39, 0.29) is 0 Å². The normalized spacial score (nSPS) is 10.3. The van der Waals surface area contributed by atoms with E-state index in [1.165, 1.54) is 6.33 Å². The van der Waals surface area contributed by atoms with Gasteiger partial charge in [0.1, 0.15) is 12.1 Å². The van der Waals surface area contributed by atoms with Gasteiger partial charge in [0.05, 0.1) is 5.52 Å². The van der Waals surface area contributed by atoms with E-state index in [4.69, 9.17) is 5.73 Å². The molecule has 0 aliphatic carbocycles. The molecule has 0 saturated heterocycles. The van der Waals surface area contributed by atoms with Crippen LogP contribution in [0.3, 0.4) is 0 Å². The van der Waals surface area contributed by atoms with Crippen molar-refractivity contribution in [3.63, 3.8) is 0 Å². The molecule has 0 spiro atoms. The largest absolute Gasteiger partial charge is 0.399 e. The Hall–Kier alpha value is -1.62. The number of aromatic nitrogens is 2. The summed E-state index contributed by atoms with van der Waals surface area (Å²) in [6, 6.07) is 5.56. The van der Waals surface area contributed by atoms with Crippen LogP contribution in [0.4, 0.5) is 11.5 Å². The fourth-order valence-electron chi connectivity index (χ4n) is 1.39. The minimum absolute atomic E-state index is 0.622. The van der Waals surface area contributed by atoms with E-state index >= 15 is 0 Å². The Balaban J connectivity index is 2.41. The third-order valence-electron chi connectivity index (χ3n) is 2.11. The van der Waals surface area contributed by atoms with Crippen molar-refractivity contribution in [3.05, 3.63) is 35.6 Å². The minimum Gasteiger partial charge on any atom is -0.399 e. The summed E-state index contributed by atoms with van der Waals surface area (Å²) < 4.78 is 0.870. The second-order valence-corrected chi connectivity index (χ2v) is 4.49. The second kappa shape index (κ2) is 4.49. The quantitative estimate of drug-likeness (QED) is 0.847. The van der Waals surface area contributed by atoms with Gasteiger partial charge in [0, 0.05) is 22.1 Å². The standard InChI is InChI=1S/C11H11BrN4/c1-7(12)5-14-11-9-3-2-8(13)4-10(9)15-6-16-11/h2-4,6H,1,5,13H2,(H,14,15,16). The SMILES string of the molecule is C=C(Br)CNc1ncnc2cc(N)ccc12. The number of hydrogen-bond acceptors (Lipinski definition) is 4. The van der Waals surface area contributed by atoms with Gasteiger partial charge in [0.2, 0.25) is 0 Å². The topological polar surface area (TPSA) is 63.8 Å². The summed E-state index contributed by atoms with van der Waals surface area (Å²) in [4.78, 5) is 8.35. The van der Waals surface area contributed by atoms with E-state index in [1.807, 2.05) is 18.2 Å².